The van der Waals surface area contributed by atoms with Crippen molar-refractivity contribution in [1.29, 1.82) is 0 Å². The van der Waals surface area contributed by atoms with E-state index in [1.165, 1.54) is 0 Å². The summed E-state index contributed by atoms with van der Waals surface area (Å²) in [5, 5.41) is 0. The van der Waals surface area contributed by atoms with Gasteiger partial charge in [-0.25, -0.2) is 0 Å². The molecule has 1 aromatic heterocycles. The van der Waals surface area contributed by atoms with Crippen molar-refractivity contribution in [1.82, 2.24) is 4.98 Å². The molecule has 0 spiro atoms. The lowest BCUT2D eigenvalue weighted by Gasteiger charge is -2.18. The molecular formula is C20H24N2O3. The Morgan fingerprint density at radius 3 is 2.84 bits per heavy atom. The van der Waals surface area contributed by atoms with E-state index in [2.05, 4.69) is 17.6 Å². The van der Waals surface area contributed by atoms with Gasteiger partial charge in [-0.1, -0.05) is 6.58 Å². The number of nitrogen functional groups attached to an aromatic ring is 1. The summed E-state index contributed by atoms with van der Waals surface area (Å²) in [5.74, 6) is 0.744. The fraction of sp³-hybridized carbons (Fsp3) is 0.350. The van der Waals surface area contributed by atoms with Gasteiger partial charge in [0.05, 0.1) is 26.4 Å². The van der Waals surface area contributed by atoms with E-state index in [0.29, 0.717) is 32.1 Å². The molecule has 1 aliphatic rings. The average molecular weight is 340 g/mol. The molecule has 0 radical (unpaired) electrons. The molecule has 0 fully saturated rings. The third kappa shape index (κ3) is 4.59. The number of fused-ring (bicyclic) bond motifs is 4. The lowest BCUT2D eigenvalue weighted by Crippen LogP contribution is -2.21. The predicted molar refractivity (Wildman–Crippen MR) is 98.7 cm³/mol. The first-order valence-corrected chi connectivity index (χ1v) is 8.49. The summed E-state index contributed by atoms with van der Waals surface area (Å²) >= 11 is 0. The fourth-order valence-corrected chi connectivity index (χ4v) is 2.74. The Morgan fingerprint density at radius 2 is 1.96 bits per heavy atom. The van der Waals surface area contributed by atoms with E-state index in [9.17, 15) is 0 Å². The van der Waals surface area contributed by atoms with Gasteiger partial charge in [0.15, 0.2) is 0 Å². The Balaban J connectivity index is 1.93. The lowest BCUT2D eigenvalue weighted by atomic mass is 9.98. The molecule has 1 aromatic carbocycles. The van der Waals surface area contributed by atoms with Crippen molar-refractivity contribution in [2.75, 3.05) is 32.2 Å². The summed E-state index contributed by atoms with van der Waals surface area (Å²) in [6.45, 7) is 8.44. The minimum atomic E-state index is -0.0670. The Kier molecular flexibility index (Phi) is 5.68. The number of anilines is 1. The van der Waals surface area contributed by atoms with Crippen LogP contribution in [-0.2, 0) is 15.9 Å². The molecule has 132 valence electrons. The summed E-state index contributed by atoms with van der Waals surface area (Å²) in [6.07, 6.45) is 4.38. The van der Waals surface area contributed by atoms with E-state index in [0.717, 1.165) is 34.4 Å². The third-order valence-corrected chi connectivity index (χ3v) is 4.09. The maximum absolute atomic E-state index is 6.16. The molecule has 0 saturated heterocycles. The highest BCUT2D eigenvalue weighted by Gasteiger charge is 2.12. The summed E-state index contributed by atoms with van der Waals surface area (Å²) in [5.41, 5.74) is 10.6. The van der Waals surface area contributed by atoms with Crippen LogP contribution in [0.15, 0.2) is 43.2 Å². The maximum atomic E-state index is 6.16. The highest BCUT2D eigenvalue weighted by Crippen LogP contribution is 2.30. The largest absolute Gasteiger partial charge is 0.488 e. The van der Waals surface area contributed by atoms with Crippen molar-refractivity contribution < 1.29 is 14.2 Å². The smallest absolute Gasteiger partial charge is 0.120 e. The molecule has 1 aliphatic heterocycles. The van der Waals surface area contributed by atoms with Crippen LogP contribution in [0.2, 0.25) is 0 Å². The molecule has 1 unspecified atom stereocenters. The number of nitrogens with zero attached hydrogens (tertiary/aromatic N) is 1. The van der Waals surface area contributed by atoms with Crippen LogP contribution < -0.4 is 10.5 Å². The number of hydrogen-bond acceptors (Lipinski definition) is 5. The lowest BCUT2D eigenvalue weighted by molar-refractivity contribution is 0.0170. The summed E-state index contributed by atoms with van der Waals surface area (Å²) in [4.78, 5) is 4.33. The Labute approximate surface area is 148 Å². The highest BCUT2D eigenvalue weighted by molar-refractivity contribution is 5.84. The number of pyridine rings is 1. The summed E-state index contributed by atoms with van der Waals surface area (Å²) < 4.78 is 17.2. The molecule has 2 heterocycles. The van der Waals surface area contributed by atoms with Crippen molar-refractivity contribution in [3.8, 4) is 5.75 Å². The van der Waals surface area contributed by atoms with Gasteiger partial charge in [-0.05, 0) is 48.7 Å². The van der Waals surface area contributed by atoms with Crippen LogP contribution in [0.5, 0.6) is 5.75 Å². The molecule has 5 nitrogen and oxygen atoms in total. The molecular weight excluding hydrogens is 316 g/mol. The monoisotopic (exact) mass is 340 g/mol. The quantitative estimate of drug-likeness (QED) is 0.747. The van der Waals surface area contributed by atoms with Gasteiger partial charge in [-0.2, -0.15) is 0 Å². The fourth-order valence-electron chi connectivity index (χ4n) is 2.74. The zero-order valence-electron chi connectivity index (χ0n) is 14.5. The molecule has 4 bridgehead atoms. The van der Waals surface area contributed by atoms with E-state index < -0.39 is 0 Å². The van der Waals surface area contributed by atoms with Crippen molar-refractivity contribution in [2.45, 2.75) is 19.4 Å². The number of hydrogen-bond donors (Lipinski definition) is 1. The van der Waals surface area contributed by atoms with Crippen molar-refractivity contribution in [3.05, 3.63) is 59.9 Å². The van der Waals surface area contributed by atoms with E-state index in [-0.39, 0.29) is 6.10 Å². The zero-order chi connectivity index (χ0) is 17.6. The average Bonchev–Trinajstić information content (AvgIpc) is 2.61. The molecule has 2 aromatic rings. The van der Waals surface area contributed by atoms with Gasteiger partial charge in [0, 0.05) is 29.2 Å². The normalized spacial score (nSPS) is 19.2. The summed E-state index contributed by atoms with van der Waals surface area (Å²) in [6, 6.07) is 7.72. The van der Waals surface area contributed by atoms with Gasteiger partial charge in [-0.3, -0.25) is 4.98 Å². The van der Waals surface area contributed by atoms with Gasteiger partial charge in [-0.15, -0.1) is 0 Å². The Bertz CT molecular complexity index is 745. The van der Waals surface area contributed by atoms with Gasteiger partial charge in [0.25, 0.3) is 0 Å². The molecule has 1 atom stereocenters. The van der Waals surface area contributed by atoms with Crippen LogP contribution in [0.4, 0.5) is 5.69 Å². The van der Waals surface area contributed by atoms with Gasteiger partial charge >= 0.3 is 0 Å². The Morgan fingerprint density at radius 1 is 1.12 bits per heavy atom. The minimum Gasteiger partial charge on any atom is -0.488 e. The second kappa shape index (κ2) is 8.14. The Hall–Kier alpha value is -2.37. The second-order valence-corrected chi connectivity index (χ2v) is 6.18. The molecule has 0 aliphatic carbocycles. The maximum Gasteiger partial charge on any atom is 0.120 e. The van der Waals surface area contributed by atoms with Crippen LogP contribution in [-0.4, -0.2) is 37.5 Å². The van der Waals surface area contributed by atoms with Gasteiger partial charge < -0.3 is 19.9 Å². The van der Waals surface area contributed by atoms with Gasteiger partial charge in [0.1, 0.15) is 11.9 Å². The van der Waals surface area contributed by atoms with Crippen LogP contribution in [0, 0.1) is 0 Å². The number of rotatable bonds is 0. The van der Waals surface area contributed by atoms with E-state index in [4.69, 9.17) is 19.9 Å². The SMILES string of the molecule is C=C1c2cncc(c2)CCOCCOCC(C)Oc2ccc(N)c1c2. The third-order valence-electron chi connectivity index (χ3n) is 4.09. The predicted octanol–water partition coefficient (Wildman–Crippen LogP) is 3.08. The second-order valence-electron chi connectivity index (χ2n) is 6.18. The van der Waals surface area contributed by atoms with E-state index in [1.54, 1.807) is 6.20 Å². The topological polar surface area (TPSA) is 66.6 Å². The molecule has 5 heteroatoms. The minimum absolute atomic E-state index is 0.0670. The number of aromatic nitrogens is 1. The van der Waals surface area contributed by atoms with Crippen molar-refractivity contribution in [3.63, 3.8) is 0 Å². The van der Waals surface area contributed by atoms with E-state index in [1.807, 2.05) is 31.3 Å². The molecule has 0 amide bonds. The standard InChI is InChI=1S/C20H24N2O3/c1-14-13-24-8-7-23-6-5-16-9-17(12-22-11-16)15(2)19-10-18(25-14)3-4-20(19)21/h3-4,9-12,14H,2,5-8,13,21H2,1H3. The summed E-state index contributed by atoms with van der Waals surface area (Å²) in [7, 11) is 0. The zero-order valence-corrected chi connectivity index (χ0v) is 14.5. The van der Waals surface area contributed by atoms with Crippen LogP contribution in [0.3, 0.4) is 0 Å². The first kappa shape index (κ1) is 17.5. The number of nitrogens with two attached hydrogens (primary N) is 1. The van der Waals surface area contributed by atoms with Gasteiger partial charge in [0.2, 0.25) is 0 Å². The highest BCUT2D eigenvalue weighted by atomic mass is 16.5. The van der Waals surface area contributed by atoms with Crippen molar-refractivity contribution in [2.24, 2.45) is 0 Å². The molecule has 2 N–H and O–H groups in total. The first-order chi connectivity index (χ1) is 12.1. The van der Waals surface area contributed by atoms with Crippen LogP contribution >= 0.6 is 0 Å². The van der Waals surface area contributed by atoms with Crippen molar-refractivity contribution >= 4 is 11.3 Å². The number of ether oxygens (including phenoxy) is 3. The van der Waals surface area contributed by atoms with E-state index >= 15 is 0 Å². The van der Waals surface area contributed by atoms with Crippen LogP contribution in [0.1, 0.15) is 23.6 Å². The molecule has 3 rings (SSSR count). The molecule has 25 heavy (non-hydrogen) atoms. The number of benzene rings is 1. The molecule has 0 saturated carbocycles. The van der Waals surface area contributed by atoms with Crippen LogP contribution in [0.25, 0.3) is 5.57 Å². The first-order valence-electron chi connectivity index (χ1n) is 8.49.